The number of phosphoric acid groups is 2. The van der Waals surface area contributed by atoms with Crippen molar-refractivity contribution >= 4 is 38.5 Å². The van der Waals surface area contributed by atoms with Crippen molar-refractivity contribution in [3.8, 4) is 0 Å². The van der Waals surface area contributed by atoms with Crippen LogP contribution in [0.5, 0.6) is 0 Å². The average Bonchev–Trinajstić information content (AvgIpc) is 3.61. The van der Waals surface area contributed by atoms with Crippen molar-refractivity contribution in [1.82, 2.24) is 19.5 Å². The van der Waals surface area contributed by atoms with Crippen LogP contribution in [-0.2, 0) is 32.0 Å². The Morgan fingerprint density at radius 1 is 1.07 bits per heavy atom. The van der Waals surface area contributed by atoms with Gasteiger partial charge in [-0.3, -0.25) is 18.5 Å². The first-order valence-electron chi connectivity index (χ1n) is 12.5. The number of nitrogen functional groups attached to an aromatic ring is 1. The summed E-state index contributed by atoms with van der Waals surface area (Å²) < 4.78 is 65.4. The summed E-state index contributed by atoms with van der Waals surface area (Å²) in [6.45, 7) is -2.07. The van der Waals surface area contributed by atoms with Gasteiger partial charge in [0, 0.05) is 6.07 Å². The molecule has 45 heavy (non-hydrogen) atoms. The number of alkyl halides is 1. The van der Waals surface area contributed by atoms with Crippen molar-refractivity contribution in [2.75, 3.05) is 18.9 Å². The van der Waals surface area contributed by atoms with E-state index in [1.54, 1.807) is 0 Å². The standard InChI is InChI=1S/C21H26FN7O13P2.Na/c22-12-14(30)10(40-20(12)28-3-1-2-9(4-28)18(24)33)5-38-43(34,35)42-44(36,37)39-6-11-15(31)16(32)21(41-11)29-8-27-13-17(23)25-7-26-19(13)29;/h1-4,7-8,10-12,14-16,20-21,30-32H,5-6H2,(H5-,23,24,25,26,33,34,35,36,37);/q;+1/p-1/t10-,11-,12+,14-,15-,16-,20-,21-;/m1./s1. The van der Waals surface area contributed by atoms with E-state index in [1.807, 2.05) is 0 Å². The fraction of sp³-hybridized carbons (Fsp3) is 0.476. The summed E-state index contributed by atoms with van der Waals surface area (Å²) in [6, 6.07) is 2.71. The molecule has 0 spiro atoms. The summed E-state index contributed by atoms with van der Waals surface area (Å²) in [4.78, 5) is 47.7. The molecule has 0 aliphatic carbocycles. The third-order valence-corrected chi connectivity index (χ3v) is 9.22. The minimum Gasteiger partial charge on any atom is -0.756 e. The van der Waals surface area contributed by atoms with Crippen LogP contribution in [-0.4, -0.2) is 90.7 Å². The van der Waals surface area contributed by atoms with Crippen LogP contribution in [0.2, 0.25) is 0 Å². The molecule has 2 fully saturated rings. The Hall–Kier alpha value is -2.04. The molecule has 3 aromatic heterocycles. The number of fused-ring (bicyclic) bond motifs is 1. The molecule has 24 heteroatoms. The van der Waals surface area contributed by atoms with Crippen LogP contribution in [0.1, 0.15) is 22.8 Å². The summed E-state index contributed by atoms with van der Waals surface area (Å²) in [5.74, 6) is -0.790. The number of carbonyl (C=O) groups is 1. The first-order valence-corrected chi connectivity index (χ1v) is 15.4. The minimum absolute atomic E-state index is 0. The average molecular weight is 687 g/mol. The van der Waals surface area contributed by atoms with Crippen LogP contribution < -0.4 is 55.4 Å². The topological polar surface area (TPSA) is 304 Å². The number of anilines is 1. The predicted octanol–water partition coefficient (Wildman–Crippen LogP) is -6.30. The van der Waals surface area contributed by atoms with E-state index in [4.69, 9.17) is 20.9 Å². The first-order chi connectivity index (χ1) is 20.7. The number of amides is 1. The number of nitrogens with two attached hydrogens (primary N) is 2. The van der Waals surface area contributed by atoms with Crippen molar-refractivity contribution in [3.05, 3.63) is 42.7 Å². The molecule has 5 rings (SSSR count). The van der Waals surface area contributed by atoms with Crippen LogP contribution in [0.15, 0.2) is 37.2 Å². The predicted molar refractivity (Wildman–Crippen MR) is 134 cm³/mol. The monoisotopic (exact) mass is 687 g/mol. The number of ether oxygens (including phenoxy) is 2. The zero-order valence-electron chi connectivity index (χ0n) is 23.1. The second-order valence-electron chi connectivity index (χ2n) is 9.60. The van der Waals surface area contributed by atoms with Crippen molar-refractivity contribution in [2.24, 2.45) is 5.73 Å². The van der Waals surface area contributed by atoms with Crippen molar-refractivity contribution in [3.63, 3.8) is 0 Å². The van der Waals surface area contributed by atoms with Gasteiger partial charge in [0.15, 0.2) is 30.1 Å². The van der Waals surface area contributed by atoms with Gasteiger partial charge in [0.05, 0.1) is 19.5 Å². The quantitative estimate of drug-likeness (QED) is 0.0711. The molecular formula is C21H25FN7NaO13P2. The molecule has 0 bridgehead atoms. The van der Waals surface area contributed by atoms with Crippen LogP contribution in [0, 0.1) is 0 Å². The van der Waals surface area contributed by atoms with Gasteiger partial charge >= 0.3 is 29.6 Å². The number of primary amides is 1. The number of imidazole rings is 1. The van der Waals surface area contributed by atoms with Gasteiger partial charge in [-0.05, 0) is 6.07 Å². The van der Waals surface area contributed by atoms with E-state index in [2.05, 4.69) is 28.3 Å². The smallest absolute Gasteiger partial charge is 0.756 e. The molecule has 10 atom stereocenters. The van der Waals surface area contributed by atoms with Gasteiger partial charge in [0.25, 0.3) is 27.8 Å². The molecule has 2 aliphatic rings. The normalized spacial score (nSPS) is 30.9. The van der Waals surface area contributed by atoms with Gasteiger partial charge in [-0.1, -0.05) is 0 Å². The Balaban J connectivity index is 0.00000461. The summed E-state index contributed by atoms with van der Waals surface area (Å²) >= 11 is 0. The molecule has 240 valence electrons. The maximum absolute atomic E-state index is 14.7. The van der Waals surface area contributed by atoms with E-state index in [9.17, 15) is 43.4 Å². The van der Waals surface area contributed by atoms with Gasteiger partial charge in [-0.25, -0.2) is 23.7 Å². The molecular weight excluding hydrogens is 662 g/mol. The number of aromatic nitrogens is 5. The number of aliphatic hydroxyl groups is 3. The number of nitrogens with zero attached hydrogens (tertiary/aromatic N) is 5. The van der Waals surface area contributed by atoms with Gasteiger partial charge in [0.1, 0.15) is 47.9 Å². The fourth-order valence-corrected chi connectivity index (χ4v) is 6.55. The van der Waals surface area contributed by atoms with Crippen molar-refractivity contribution in [2.45, 2.75) is 49.1 Å². The number of hydrogen-bond donors (Lipinski definition) is 5. The van der Waals surface area contributed by atoms with E-state index in [0.29, 0.717) is 0 Å². The number of aliphatic hydroxyl groups excluding tert-OH is 3. The number of pyridine rings is 1. The fourth-order valence-electron chi connectivity index (χ4n) is 4.53. The molecule has 2 saturated heterocycles. The number of halogens is 1. The zero-order chi connectivity index (χ0) is 32.0. The van der Waals surface area contributed by atoms with Crippen LogP contribution in [0.4, 0.5) is 10.2 Å². The molecule has 0 aromatic carbocycles. The SMILES string of the molecule is NC(=O)c1ccc[n+]([C@@H]2O[C@H](COP(=O)([O-])OP(=O)([O-])OC[C@H]3O[C@@H](n4cnc5c(N)ncnc54)[C@H](O)[C@@H]3O)[C@@H](O)[C@@H]2F)c1.[Na+]. The third kappa shape index (κ3) is 7.75. The molecule has 3 aromatic rings. The van der Waals surface area contributed by atoms with Gasteiger partial charge in [-0.15, -0.1) is 0 Å². The van der Waals surface area contributed by atoms with Crippen molar-refractivity contribution < 1.29 is 100 Å². The molecule has 5 heterocycles. The Labute approximate surface area is 274 Å². The van der Waals surface area contributed by atoms with E-state index in [0.717, 1.165) is 17.1 Å². The first kappa shape index (κ1) is 35.8. The second kappa shape index (κ2) is 14.0. The van der Waals surface area contributed by atoms with Crippen LogP contribution in [0.25, 0.3) is 11.2 Å². The molecule has 2 unspecified atom stereocenters. The van der Waals surface area contributed by atoms with E-state index >= 15 is 0 Å². The second-order valence-corrected chi connectivity index (χ2v) is 12.6. The summed E-state index contributed by atoms with van der Waals surface area (Å²) in [6.07, 6.45) is -8.55. The zero-order valence-corrected chi connectivity index (χ0v) is 26.9. The molecule has 0 saturated carbocycles. The molecule has 7 N–H and O–H groups in total. The minimum atomic E-state index is -5.72. The molecule has 1 amide bonds. The van der Waals surface area contributed by atoms with Crippen molar-refractivity contribution in [1.29, 1.82) is 0 Å². The molecule has 0 radical (unpaired) electrons. The largest absolute Gasteiger partial charge is 1.00 e. The number of phosphoric ester groups is 2. The molecule has 20 nitrogen and oxygen atoms in total. The Morgan fingerprint density at radius 2 is 1.71 bits per heavy atom. The van der Waals surface area contributed by atoms with E-state index in [-0.39, 0.29) is 52.1 Å². The maximum Gasteiger partial charge on any atom is 1.00 e. The number of rotatable bonds is 11. The molecule has 2 aliphatic heterocycles. The van der Waals surface area contributed by atoms with Gasteiger partial charge < -0.3 is 55.1 Å². The van der Waals surface area contributed by atoms with Crippen LogP contribution >= 0.6 is 15.6 Å². The van der Waals surface area contributed by atoms with Gasteiger partial charge in [-0.2, -0.15) is 4.57 Å². The summed E-state index contributed by atoms with van der Waals surface area (Å²) in [7, 11) is -11.4. The van der Waals surface area contributed by atoms with E-state index in [1.165, 1.54) is 29.2 Å². The summed E-state index contributed by atoms with van der Waals surface area (Å²) in [5.41, 5.74) is 11.2. The summed E-state index contributed by atoms with van der Waals surface area (Å²) in [5, 5.41) is 31.0. The van der Waals surface area contributed by atoms with Crippen LogP contribution in [0.3, 0.4) is 0 Å². The Bertz CT molecular complexity index is 1640. The van der Waals surface area contributed by atoms with Gasteiger partial charge in [0.2, 0.25) is 6.17 Å². The number of carbonyl (C=O) groups excluding carboxylic acids is 1. The Kier molecular flexibility index (Phi) is 11.1. The van der Waals surface area contributed by atoms with E-state index < -0.39 is 83.9 Å². The number of hydrogen-bond acceptors (Lipinski definition) is 17. The Morgan fingerprint density at radius 3 is 2.36 bits per heavy atom. The maximum atomic E-state index is 14.7. The third-order valence-electron chi connectivity index (χ3n) is 6.69.